The summed E-state index contributed by atoms with van der Waals surface area (Å²) in [6, 6.07) is 0.324. The van der Waals surface area contributed by atoms with Crippen molar-refractivity contribution in [2.24, 2.45) is 11.7 Å². The zero-order valence-corrected chi connectivity index (χ0v) is 11.3. The zero-order chi connectivity index (χ0) is 13.3. The Hall–Kier alpha value is -1.36. The van der Waals surface area contributed by atoms with Crippen molar-refractivity contribution in [3.8, 4) is 0 Å². The molecule has 1 aromatic heterocycles. The molecule has 0 saturated carbocycles. The maximum absolute atomic E-state index is 11.3. The Balaban J connectivity index is 2.30. The summed E-state index contributed by atoms with van der Waals surface area (Å²) in [6.45, 7) is 4.61. The quantitative estimate of drug-likeness (QED) is 0.826. The van der Waals surface area contributed by atoms with Gasteiger partial charge in [0.05, 0.1) is 5.92 Å². The molecule has 1 aliphatic rings. The number of rotatable bonds is 2. The van der Waals surface area contributed by atoms with Crippen LogP contribution in [0.4, 0.5) is 5.82 Å². The second-order valence-corrected chi connectivity index (χ2v) is 5.15. The van der Waals surface area contributed by atoms with Gasteiger partial charge >= 0.3 is 0 Å². The number of nitrogens with two attached hydrogens (primary N) is 1. The molecule has 0 aliphatic carbocycles. The molecule has 6 heteroatoms. The van der Waals surface area contributed by atoms with Gasteiger partial charge in [0, 0.05) is 18.2 Å². The lowest BCUT2D eigenvalue weighted by molar-refractivity contribution is -0.122. The van der Waals surface area contributed by atoms with E-state index in [0.717, 1.165) is 24.2 Å². The van der Waals surface area contributed by atoms with Gasteiger partial charge in [-0.15, -0.1) is 0 Å². The largest absolute Gasteiger partial charge is 0.369 e. The van der Waals surface area contributed by atoms with Crippen LogP contribution in [0.5, 0.6) is 0 Å². The van der Waals surface area contributed by atoms with Crippen LogP contribution in [0, 0.1) is 12.8 Å². The first-order valence-electron chi connectivity index (χ1n) is 6.03. The number of halogens is 1. The van der Waals surface area contributed by atoms with Crippen LogP contribution in [-0.4, -0.2) is 28.5 Å². The van der Waals surface area contributed by atoms with E-state index in [2.05, 4.69) is 21.8 Å². The molecule has 1 amide bonds. The molecule has 1 fully saturated rings. The predicted molar refractivity (Wildman–Crippen MR) is 70.5 cm³/mol. The number of carbonyl (C=O) groups is 1. The van der Waals surface area contributed by atoms with Gasteiger partial charge in [0.2, 0.25) is 5.91 Å². The molecule has 2 N–H and O–H groups in total. The van der Waals surface area contributed by atoms with E-state index in [1.165, 1.54) is 6.33 Å². The maximum atomic E-state index is 11.3. The average Bonchev–Trinajstić information content (AvgIpc) is 2.33. The zero-order valence-electron chi connectivity index (χ0n) is 10.6. The van der Waals surface area contributed by atoms with Gasteiger partial charge in [-0.3, -0.25) is 4.79 Å². The molecule has 1 aliphatic heterocycles. The van der Waals surface area contributed by atoms with Crippen molar-refractivity contribution in [3.63, 3.8) is 0 Å². The van der Waals surface area contributed by atoms with Crippen molar-refractivity contribution >= 4 is 23.3 Å². The lowest BCUT2D eigenvalue weighted by Gasteiger charge is -2.38. The van der Waals surface area contributed by atoms with Gasteiger partial charge in [-0.2, -0.15) is 0 Å². The van der Waals surface area contributed by atoms with E-state index in [1.54, 1.807) is 0 Å². The first-order chi connectivity index (χ1) is 8.50. The Morgan fingerprint density at radius 2 is 2.22 bits per heavy atom. The molecular weight excluding hydrogens is 252 g/mol. The molecule has 0 radical (unpaired) electrons. The van der Waals surface area contributed by atoms with Gasteiger partial charge in [0.25, 0.3) is 0 Å². The van der Waals surface area contributed by atoms with Gasteiger partial charge < -0.3 is 10.6 Å². The fourth-order valence-corrected chi connectivity index (χ4v) is 2.47. The smallest absolute Gasteiger partial charge is 0.222 e. The summed E-state index contributed by atoms with van der Waals surface area (Å²) in [4.78, 5) is 21.7. The third kappa shape index (κ3) is 2.41. The van der Waals surface area contributed by atoms with Crippen LogP contribution >= 0.6 is 11.6 Å². The molecule has 2 rings (SSSR count). The fraction of sp³-hybridized carbons (Fsp3) is 0.583. The van der Waals surface area contributed by atoms with Crippen molar-refractivity contribution in [3.05, 3.63) is 17.0 Å². The SMILES string of the molecule is Cc1c(Cl)ncnc1N1CC(C(N)=O)CCC1C. The number of nitrogens with zero attached hydrogens (tertiary/aromatic N) is 3. The van der Waals surface area contributed by atoms with E-state index in [0.29, 0.717) is 17.7 Å². The Morgan fingerprint density at radius 1 is 1.50 bits per heavy atom. The van der Waals surface area contributed by atoms with Crippen LogP contribution < -0.4 is 10.6 Å². The molecule has 5 nitrogen and oxygen atoms in total. The van der Waals surface area contributed by atoms with E-state index in [-0.39, 0.29) is 11.8 Å². The van der Waals surface area contributed by atoms with Crippen molar-refractivity contribution in [1.82, 2.24) is 9.97 Å². The van der Waals surface area contributed by atoms with E-state index >= 15 is 0 Å². The second kappa shape index (κ2) is 5.10. The van der Waals surface area contributed by atoms with Crippen LogP contribution in [0.2, 0.25) is 5.15 Å². The Kier molecular flexibility index (Phi) is 3.71. The van der Waals surface area contributed by atoms with Crippen molar-refractivity contribution in [1.29, 1.82) is 0 Å². The third-order valence-electron chi connectivity index (χ3n) is 3.55. The summed E-state index contributed by atoms with van der Waals surface area (Å²) in [5, 5.41) is 0.452. The molecule has 0 bridgehead atoms. The standard InChI is InChI=1S/C12H17ClN4O/c1-7-3-4-9(11(14)18)5-17(7)12-8(2)10(13)15-6-16-12/h6-7,9H,3-5H2,1-2H3,(H2,14,18). The fourth-order valence-electron chi connectivity index (χ4n) is 2.34. The van der Waals surface area contributed by atoms with Gasteiger partial charge in [0.1, 0.15) is 17.3 Å². The monoisotopic (exact) mass is 268 g/mol. The Labute approximate surface area is 111 Å². The van der Waals surface area contributed by atoms with E-state index in [1.807, 2.05) is 6.92 Å². The highest BCUT2D eigenvalue weighted by Crippen LogP contribution is 2.30. The van der Waals surface area contributed by atoms with Crippen LogP contribution in [0.25, 0.3) is 0 Å². The molecular formula is C12H17ClN4O. The van der Waals surface area contributed by atoms with Gasteiger partial charge in [-0.1, -0.05) is 11.6 Å². The average molecular weight is 269 g/mol. The second-order valence-electron chi connectivity index (χ2n) is 4.79. The molecule has 2 heterocycles. The van der Waals surface area contributed by atoms with E-state index in [9.17, 15) is 4.79 Å². The molecule has 0 aromatic carbocycles. The normalized spacial score (nSPS) is 24.1. The number of anilines is 1. The molecule has 98 valence electrons. The summed E-state index contributed by atoms with van der Waals surface area (Å²) in [5.74, 6) is 0.437. The number of carbonyl (C=O) groups excluding carboxylic acids is 1. The molecule has 1 saturated heterocycles. The van der Waals surface area contributed by atoms with Crippen LogP contribution in [0.3, 0.4) is 0 Å². The van der Waals surface area contributed by atoms with Gasteiger partial charge in [-0.25, -0.2) is 9.97 Å². The predicted octanol–water partition coefficient (Wildman–Crippen LogP) is 1.53. The molecule has 1 aromatic rings. The number of amides is 1. The Morgan fingerprint density at radius 3 is 2.89 bits per heavy atom. The number of hydrogen-bond donors (Lipinski definition) is 1. The summed E-state index contributed by atoms with van der Waals surface area (Å²) in [5.41, 5.74) is 6.24. The first kappa shape index (κ1) is 13.1. The first-order valence-corrected chi connectivity index (χ1v) is 6.41. The summed E-state index contributed by atoms with van der Waals surface area (Å²) in [6.07, 6.45) is 3.21. The minimum absolute atomic E-state index is 0.116. The Bertz CT molecular complexity index is 465. The highest BCUT2D eigenvalue weighted by atomic mass is 35.5. The highest BCUT2D eigenvalue weighted by molar-refractivity contribution is 6.30. The molecule has 2 unspecified atom stereocenters. The van der Waals surface area contributed by atoms with Gasteiger partial charge in [0.15, 0.2) is 0 Å². The topological polar surface area (TPSA) is 72.1 Å². The minimum Gasteiger partial charge on any atom is -0.369 e. The van der Waals surface area contributed by atoms with Crippen molar-refractivity contribution in [2.45, 2.75) is 32.7 Å². The van der Waals surface area contributed by atoms with E-state index < -0.39 is 0 Å². The van der Waals surface area contributed by atoms with Crippen LogP contribution in [0.15, 0.2) is 6.33 Å². The molecule has 0 spiro atoms. The summed E-state index contributed by atoms with van der Waals surface area (Å²) >= 11 is 6.01. The number of primary amides is 1. The summed E-state index contributed by atoms with van der Waals surface area (Å²) in [7, 11) is 0. The molecule has 2 atom stereocenters. The lowest BCUT2D eigenvalue weighted by Crippen LogP contribution is -2.46. The number of piperidine rings is 1. The highest BCUT2D eigenvalue weighted by Gasteiger charge is 2.30. The van der Waals surface area contributed by atoms with Crippen molar-refractivity contribution < 1.29 is 4.79 Å². The van der Waals surface area contributed by atoms with Crippen molar-refractivity contribution in [2.75, 3.05) is 11.4 Å². The number of hydrogen-bond acceptors (Lipinski definition) is 4. The third-order valence-corrected chi connectivity index (χ3v) is 3.93. The van der Waals surface area contributed by atoms with E-state index in [4.69, 9.17) is 17.3 Å². The number of aromatic nitrogens is 2. The molecule has 18 heavy (non-hydrogen) atoms. The lowest BCUT2D eigenvalue weighted by atomic mass is 9.92. The maximum Gasteiger partial charge on any atom is 0.222 e. The van der Waals surface area contributed by atoms with Gasteiger partial charge in [-0.05, 0) is 26.7 Å². The van der Waals surface area contributed by atoms with Crippen LogP contribution in [-0.2, 0) is 4.79 Å². The summed E-state index contributed by atoms with van der Waals surface area (Å²) < 4.78 is 0. The van der Waals surface area contributed by atoms with Crippen LogP contribution in [0.1, 0.15) is 25.3 Å². The minimum atomic E-state index is -0.246.